The first-order chi connectivity index (χ1) is 5.84. The van der Waals surface area contributed by atoms with Gasteiger partial charge in [-0.15, -0.1) is 0 Å². The van der Waals surface area contributed by atoms with Gasteiger partial charge < -0.3 is 0 Å². The third-order valence-corrected chi connectivity index (χ3v) is 1.43. The molecule has 0 saturated carbocycles. The maximum Gasteiger partial charge on any atom is 0.439 e. The fourth-order valence-electron chi connectivity index (χ4n) is 0.678. The summed E-state index contributed by atoms with van der Waals surface area (Å²) >= 11 is 5.06. The van der Waals surface area contributed by atoms with E-state index in [-0.39, 0.29) is 0 Å². The van der Waals surface area contributed by atoms with Crippen molar-refractivity contribution in [2.45, 2.75) is 6.18 Å². The van der Waals surface area contributed by atoms with Gasteiger partial charge in [-0.25, -0.2) is 0 Å². The summed E-state index contributed by atoms with van der Waals surface area (Å²) in [5.41, 5.74) is -2.81. The van der Waals surface area contributed by atoms with E-state index in [1.54, 1.807) is 0 Å². The molecule has 1 aromatic heterocycles. The van der Waals surface area contributed by atoms with Crippen LogP contribution in [-0.2, 0) is 6.18 Å². The molecule has 1 heterocycles. The van der Waals surface area contributed by atoms with Crippen LogP contribution in [0.5, 0.6) is 0 Å². The van der Waals surface area contributed by atoms with E-state index < -0.39 is 27.6 Å². The van der Waals surface area contributed by atoms with Crippen molar-refractivity contribution in [2.75, 3.05) is 0 Å². The van der Waals surface area contributed by atoms with Gasteiger partial charge in [-0.1, -0.05) is 11.6 Å². The lowest BCUT2D eigenvalue weighted by molar-refractivity contribution is -0.387. The summed E-state index contributed by atoms with van der Waals surface area (Å²) in [4.78, 5) is 8.87. The zero-order valence-corrected chi connectivity index (χ0v) is 6.48. The van der Waals surface area contributed by atoms with Crippen LogP contribution in [0.2, 0.25) is 5.15 Å². The van der Waals surface area contributed by atoms with Crippen LogP contribution in [0.15, 0.2) is 0 Å². The molecule has 1 aromatic rings. The third-order valence-electron chi connectivity index (χ3n) is 1.16. The molecule has 0 aromatic carbocycles. The molecule has 0 unspecified atom stereocenters. The van der Waals surface area contributed by atoms with Crippen LogP contribution in [0.1, 0.15) is 5.69 Å². The molecule has 5 nitrogen and oxygen atoms in total. The lowest BCUT2D eigenvalue weighted by Gasteiger charge is -2.00. The summed E-state index contributed by atoms with van der Waals surface area (Å²) in [7, 11) is 0. The first-order valence-electron chi connectivity index (χ1n) is 2.79. The minimum absolute atomic E-state index is 0.808. The summed E-state index contributed by atoms with van der Waals surface area (Å²) in [6.07, 6.45) is -4.86. The van der Waals surface area contributed by atoms with Crippen LogP contribution in [0.4, 0.5) is 18.9 Å². The molecule has 9 heteroatoms. The number of halogens is 4. The fourth-order valence-corrected chi connectivity index (χ4v) is 0.884. The molecule has 13 heavy (non-hydrogen) atoms. The highest BCUT2D eigenvalue weighted by Crippen LogP contribution is 2.37. The molecular weight excluding hydrogens is 215 g/mol. The maximum absolute atomic E-state index is 12.0. The van der Waals surface area contributed by atoms with Crippen molar-refractivity contribution in [3.05, 3.63) is 21.0 Å². The van der Waals surface area contributed by atoms with Gasteiger partial charge in [0.05, 0.1) is 4.92 Å². The number of H-pyrrole nitrogens is 1. The zero-order valence-electron chi connectivity index (χ0n) is 5.72. The smallest absolute Gasteiger partial charge is 0.266 e. The standard InChI is InChI=1S/C4HClF3N3O2/c5-3-1(11(12)13)2(9-10-3)4(6,7)8/h(H,9,10). The van der Waals surface area contributed by atoms with Crippen molar-refractivity contribution in [1.29, 1.82) is 0 Å². The van der Waals surface area contributed by atoms with Crippen molar-refractivity contribution < 1.29 is 18.1 Å². The molecule has 1 N–H and O–H groups in total. The van der Waals surface area contributed by atoms with Crippen molar-refractivity contribution >= 4 is 17.3 Å². The molecule has 0 spiro atoms. The van der Waals surface area contributed by atoms with E-state index in [2.05, 4.69) is 5.10 Å². The molecule has 0 radical (unpaired) electrons. The summed E-state index contributed by atoms with van der Waals surface area (Å²) in [5.74, 6) is 0. The molecule has 0 aliphatic carbocycles. The number of aromatic nitrogens is 2. The van der Waals surface area contributed by atoms with E-state index in [0.29, 0.717) is 0 Å². The predicted octanol–water partition coefficient (Wildman–Crippen LogP) is 1.99. The molecule has 0 aliphatic rings. The zero-order chi connectivity index (χ0) is 10.2. The van der Waals surface area contributed by atoms with Gasteiger partial charge in [0.25, 0.3) is 0 Å². The second-order valence-electron chi connectivity index (χ2n) is 1.99. The highest BCUT2D eigenvalue weighted by atomic mass is 35.5. The topological polar surface area (TPSA) is 71.8 Å². The summed E-state index contributed by atoms with van der Waals surface area (Å²) in [5, 5.41) is 13.6. The normalized spacial score (nSPS) is 11.7. The number of hydrogen-bond donors (Lipinski definition) is 1. The van der Waals surface area contributed by atoms with Gasteiger partial charge in [0.2, 0.25) is 10.8 Å². The Morgan fingerprint density at radius 2 is 2.08 bits per heavy atom. The number of nitro groups is 1. The Hall–Kier alpha value is -1.31. The first-order valence-corrected chi connectivity index (χ1v) is 3.17. The average molecular weight is 216 g/mol. The Morgan fingerprint density at radius 3 is 2.38 bits per heavy atom. The molecule has 0 atom stereocenters. The highest BCUT2D eigenvalue weighted by molar-refractivity contribution is 6.31. The van der Waals surface area contributed by atoms with Gasteiger partial charge in [-0.05, 0) is 0 Å². The van der Waals surface area contributed by atoms with Crippen LogP contribution >= 0.6 is 11.6 Å². The number of nitrogens with one attached hydrogen (secondary N) is 1. The molecule has 0 amide bonds. The highest BCUT2D eigenvalue weighted by Gasteiger charge is 2.42. The number of rotatable bonds is 1. The van der Waals surface area contributed by atoms with Gasteiger partial charge in [-0.3, -0.25) is 15.2 Å². The quantitative estimate of drug-likeness (QED) is 0.575. The van der Waals surface area contributed by atoms with Gasteiger partial charge in [0.1, 0.15) is 0 Å². The summed E-state index contributed by atoms with van der Waals surface area (Å²) in [6, 6.07) is 0. The van der Waals surface area contributed by atoms with E-state index in [0.717, 1.165) is 0 Å². The van der Waals surface area contributed by atoms with Gasteiger partial charge >= 0.3 is 11.9 Å². The molecule has 0 saturated heterocycles. The number of nitrogens with zero attached hydrogens (tertiary/aromatic N) is 2. The fraction of sp³-hybridized carbons (Fsp3) is 0.250. The number of alkyl halides is 3. The van der Waals surface area contributed by atoms with Crippen LogP contribution in [-0.4, -0.2) is 15.1 Å². The Labute approximate surface area is 73.6 Å². The maximum atomic E-state index is 12.0. The molecule has 1 rings (SSSR count). The molecule has 0 aliphatic heterocycles. The number of aromatic amines is 1. The largest absolute Gasteiger partial charge is 0.439 e. The van der Waals surface area contributed by atoms with E-state index in [4.69, 9.17) is 11.6 Å². The lowest BCUT2D eigenvalue weighted by atomic mass is 10.4. The van der Waals surface area contributed by atoms with Crippen molar-refractivity contribution in [3.63, 3.8) is 0 Å². The Kier molecular flexibility index (Phi) is 2.16. The SMILES string of the molecule is O=[N+]([O-])c1c(Cl)n[nH]c1C(F)(F)F. The monoisotopic (exact) mass is 215 g/mol. The minimum Gasteiger partial charge on any atom is -0.266 e. The van der Waals surface area contributed by atoms with E-state index >= 15 is 0 Å². The second kappa shape index (κ2) is 2.87. The second-order valence-corrected chi connectivity index (χ2v) is 2.35. The van der Waals surface area contributed by atoms with Crippen LogP contribution in [0.3, 0.4) is 0 Å². The molecular formula is C4HClF3N3O2. The van der Waals surface area contributed by atoms with Gasteiger partial charge in [-0.2, -0.15) is 18.3 Å². The van der Waals surface area contributed by atoms with E-state index in [9.17, 15) is 23.3 Å². The van der Waals surface area contributed by atoms with Crippen LogP contribution in [0, 0.1) is 10.1 Å². The molecule has 72 valence electrons. The predicted molar refractivity (Wildman–Crippen MR) is 35.3 cm³/mol. The van der Waals surface area contributed by atoms with E-state index in [1.807, 2.05) is 0 Å². The minimum atomic E-state index is -4.86. The lowest BCUT2D eigenvalue weighted by Crippen LogP contribution is -2.08. The first kappa shape index (κ1) is 9.78. The Balaban J connectivity index is 3.31. The van der Waals surface area contributed by atoms with Crippen LogP contribution in [0.25, 0.3) is 0 Å². The van der Waals surface area contributed by atoms with E-state index in [1.165, 1.54) is 5.10 Å². The third kappa shape index (κ3) is 1.72. The summed E-state index contributed by atoms with van der Waals surface area (Å²) in [6.45, 7) is 0. The average Bonchev–Trinajstić information content (AvgIpc) is 2.28. The summed E-state index contributed by atoms with van der Waals surface area (Å²) < 4.78 is 36.0. The molecule has 0 bridgehead atoms. The number of hydrogen-bond acceptors (Lipinski definition) is 3. The van der Waals surface area contributed by atoms with Crippen LogP contribution < -0.4 is 0 Å². The Morgan fingerprint density at radius 1 is 1.54 bits per heavy atom. The van der Waals surface area contributed by atoms with Crippen molar-refractivity contribution in [2.24, 2.45) is 0 Å². The van der Waals surface area contributed by atoms with Gasteiger partial charge in [0.15, 0.2) is 0 Å². The van der Waals surface area contributed by atoms with Crippen molar-refractivity contribution in [1.82, 2.24) is 10.2 Å². The van der Waals surface area contributed by atoms with Crippen molar-refractivity contribution in [3.8, 4) is 0 Å². The Bertz CT molecular complexity index is 347. The molecule has 0 fully saturated rings. The van der Waals surface area contributed by atoms with Gasteiger partial charge in [0, 0.05) is 0 Å².